The van der Waals surface area contributed by atoms with Crippen molar-refractivity contribution in [3.63, 3.8) is 0 Å². The van der Waals surface area contributed by atoms with Crippen LogP contribution in [0.3, 0.4) is 0 Å². The summed E-state index contributed by atoms with van der Waals surface area (Å²) in [5.74, 6) is -0.725. The van der Waals surface area contributed by atoms with Crippen molar-refractivity contribution in [1.29, 1.82) is 0 Å². The minimum atomic E-state index is -0.642. The zero-order valence-corrected chi connectivity index (χ0v) is 17.8. The van der Waals surface area contributed by atoms with E-state index in [0.717, 1.165) is 0 Å². The van der Waals surface area contributed by atoms with Gasteiger partial charge in [-0.15, -0.1) is 0 Å². The molecule has 1 fully saturated rings. The number of nitrogens with one attached hydrogen (secondary N) is 2. The molecule has 9 nitrogen and oxygen atoms in total. The second-order valence-electron chi connectivity index (χ2n) is 8.02. The summed E-state index contributed by atoms with van der Waals surface area (Å²) in [4.78, 5) is 51.8. The van der Waals surface area contributed by atoms with Gasteiger partial charge in [-0.2, -0.15) is 0 Å². The van der Waals surface area contributed by atoms with Gasteiger partial charge in [0.2, 0.25) is 11.8 Å². The third-order valence-electron chi connectivity index (χ3n) is 4.42. The number of carbonyl (C=O) groups is 4. The van der Waals surface area contributed by atoms with Gasteiger partial charge in [0.15, 0.2) is 0 Å². The van der Waals surface area contributed by atoms with E-state index in [4.69, 9.17) is 4.74 Å². The van der Waals surface area contributed by atoms with E-state index in [0.29, 0.717) is 38.2 Å². The van der Waals surface area contributed by atoms with Crippen LogP contribution in [-0.2, 0) is 14.3 Å². The molecule has 0 aliphatic carbocycles. The van der Waals surface area contributed by atoms with E-state index in [1.54, 1.807) is 54.8 Å². The van der Waals surface area contributed by atoms with Crippen molar-refractivity contribution >= 4 is 23.8 Å². The Hall–Kier alpha value is -3.10. The fraction of sp³-hybridized carbons (Fsp3) is 0.524. The summed E-state index contributed by atoms with van der Waals surface area (Å²) in [7, 11) is 0. The van der Waals surface area contributed by atoms with Crippen molar-refractivity contribution in [3.8, 4) is 0 Å². The highest BCUT2D eigenvalue weighted by Crippen LogP contribution is 2.07. The smallest absolute Gasteiger partial charge is 0.408 e. The van der Waals surface area contributed by atoms with Gasteiger partial charge in [0.05, 0.1) is 6.54 Å². The largest absolute Gasteiger partial charge is 0.444 e. The van der Waals surface area contributed by atoms with Gasteiger partial charge in [-0.25, -0.2) is 4.79 Å². The molecule has 4 amide bonds. The summed E-state index contributed by atoms with van der Waals surface area (Å²) >= 11 is 0. The first kappa shape index (κ1) is 23.2. The molecule has 2 N–H and O–H groups in total. The molecule has 0 atom stereocenters. The van der Waals surface area contributed by atoms with Gasteiger partial charge in [-0.3, -0.25) is 14.4 Å². The third kappa shape index (κ3) is 7.73. The van der Waals surface area contributed by atoms with Gasteiger partial charge in [0.25, 0.3) is 5.91 Å². The molecule has 0 spiro atoms. The van der Waals surface area contributed by atoms with Crippen molar-refractivity contribution in [2.45, 2.75) is 32.8 Å². The lowest BCUT2D eigenvalue weighted by atomic mass is 10.2. The molecule has 0 unspecified atom stereocenters. The van der Waals surface area contributed by atoms with Crippen LogP contribution >= 0.6 is 0 Å². The van der Waals surface area contributed by atoms with Crippen molar-refractivity contribution in [2.75, 3.05) is 39.3 Å². The second-order valence-corrected chi connectivity index (χ2v) is 8.02. The van der Waals surface area contributed by atoms with Crippen LogP contribution in [0, 0.1) is 0 Å². The average molecular weight is 418 g/mol. The molecule has 0 radical (unpaired) electrons. The third-order valence-corrected chi connectivity index (χ3v) is 4.42. The molecule has 0 bridgehead atoms. The maximum Gasteiger partial charge on any atom is 0.408 e. The minimum absolute atomic E-state index is 0.0954. The van der Waals surface area contributed by atoms with Crippen LogP contribution < -0.4 is 10.6 Å². The molecule has 0 aromatic heterocycles. The predicted molar refractivity (Wildman–Crippen MR) is 111 cm³/mol. The summed E-state index contributed by atoms with van der Waals surface area (Å²) in [6.45, 7) is 6.73. The zero-order chi connectivity index (χ0) is 22.1. The molecule has 164 valence electrons. The number of hydrogen-bond donors (Lipinski definition) is 2. The van der Waals surface area contributed by atoms with E-state index in [-0.39, 0.29) is 30.8 Å². The van der Waals surface area contributed by atoms with E-state index in [9.17, 15) is 19.2 Å². The maximum atomic E-state index is 12.4. The lowest BCUT2D eigenvalue weighted by Crippen LogP contribution is -2.44. The van der Waals surface area contributed by atoms with Crippen LogP contribution in [0.4, 0.5) is 4.79 Å². The summed E-state index contributed by atoms with van der Waals surface area (Å²) in [6.07, 6.45) is -0.0204. The summed E-state index contributed by atoms with van der Waals surface area (Å²) < 4.78 is 5.12. The molecular formula is C21H30N4O5. The maximum absolute atomic E-state index is 12.4. The van der Waals surface area contributed by atoms with Crippen molar-refractivity contribution in [1.82, 2.24) is 20.4 Å². The van der Waals surface area contributed by atoms with Crippen molar-refractivity contribution in [2.24, 2.45) is 0 Å². The lowest BCUT2D eigenvalue weighted by Gasteiger charge is -2.23. The number of hydrogen-bond acceptors (Lipinski definition) is 5. The van der Waals surface area contributed by atoms with Crippen LogP contribution in [0.25, 0.3) is 0 Å². The highest BCUT2D eigenvalue weighted by molar-refractivity contribution is 5.96. The van der Waals surface area contributed by atoms with Gasteiger partial charge >= 0.3 is 6.09 Å². The Balaban J connectivity index is 1.75. The fourth-order valence-electron chi connectivity index (χ4n) is 2.95. The molecule has 0 saturated carbocycles. The van der Waals surface area contributed by atoms with Gasteiger partial charge in [-0.05, 0) is 39.3 Å². The highest BCUT2D eigenvalue weighted by atomic mass is 16.6. The molecule has 1 heterocycles. The minimum Gasteiger partial charge on any atom is -0.444 e. The van der Waals surface area contributed by atoms with Gasteiger partial charge < -0.3 is 25.2 Å². The molecule has 9 heteroatoms. The Kier molecular flexibility index (Phi) is 8.20. The van der Waals surface area contributed by atoms with Crippen LogP contribution in [-0.4, -0.2) is 78.5 Å². The number of carbonyl (C=O) groups excluding carboxylic acids is 4. The normalized spacial score (nSPS) is 14.5. The molecular weight excluding hydrogens is 388 g/mol. The Morgan fingerprint density at radius 3 is 1.93 bits per heavy atom. The van der Waals surface area contributed by atoms with E-state index >= 15 is 0 Å². The topological polar surface area (TPSA) is 108 Å². The monoisotopic (exact) mass is 418 g/mol. The number of benzene rings is 1. The number of alkyl carbamates (subject to hydrolysis) is 1. The standard InChI is InChI=1S/C21H30N4O5/c1-21(2,3)30-20(29)23-15-18(27)25-11-7-10-24(12-13-25)17(26)14-22-19(28)16-8-5-4-6-9-16/h4-6,8-9H,7,10-15H2,1-3H3,(H,22,28)(H,23,29). The predicted octanol–water partition coefficient (Wildman–Crippen LogP) is 1.00. The number of rotatable bonds is 5. The van der Waals surface area contributed by atoms with E-state index < -0.39 is 11.7 Å². The van der Waals surface area contributed by atoms with E-state index in [1.807, 2.05) is 6.07 Å². The Morgan fingerprint density at radius 1 is 0.867 bits per heavy atom. The summed E-state index contributed by atoms with van der Waals surface area (Å²) in [5.41, 5.74) is -0.137. The molecule has 1 aliphatic heterocycles. The molecule has 1 aromatic carbocycles. The van der Waals surface area contributed by atoms with Gasteiger partial charge in [-0.1, -0.05) is 18.2 Å². The lowest BCUT2D eigenvalue weighted by molar-refractivity contribution is -0.132. The van der Waals surface area contributed by atoms with Crippen molar-refractivity contribution in [3.05, 3.63) is 35.9 Å². The molecule has 1 saturated heterocycles. The van der Waals surface area contributed by atoms with Crippen molar-refractivity contribution < 1.29 is 23.9 Å². The quantitative estimate of drug-likeness (QED) is 0.742. The Morgan fingerprint density at radius 2 is 1.40 bits per heavy atom. The van der Waals surface area contributed by atoms with Crippen LogP contribution in [0.15, 0.2) is 30.3 Å². The van der Waals surface area contributed by atoms with Crippen LogP contribution in [0.5, 0.6) is 0 Å². The number of amides is 4. The van der Waals surface area contributed by atoms with E-state index in [2.05, 4.69) is 10.6 Å². The SMILES string of the molecule is CC(C)(C)OC(=O)NCC(=O)N1CCCN(C(=O)CNC(=O)c2ccccc2)CC1. The van der Waals surface area contributed by atoms with Gasteiger partial charge in [0, 0.05) is 31.7 Å². The molecule has 1 aliphatic rings. The summed E-state index contributed by atoms with van der Waals surface area (Å²) in [5, 5.41) is 5.09. The van der Waals surface area contributed by atoms with Crippen LogP contribution in [0.2, 0.25) is 0 Å². The number of nitrogens with zero attached hydrogens (tertiary/aromatic N) is 2. The fourth-order valence-corrected chi connectivity index (χ4v) is 2.95. The first-order valence-corrected chi connectivity index (χ1v) is 10.0. The number of ether oxygens (including phenoxy) is 1. The second kappa shape index (κ2) is 10.6. The Labute approximate surface area is 176 Å². The first-order valence-electron chi connectivity index (χ1n) is 10.0. The molecule has 30 heavy (non-hydrogen) atoms. The molecule has 1 aromatic rings. The van der Waals surface area contributed by atoms with Gasteiger partial charge in [0.1, 0.15) is 12.1 Å². The van der Waals surface area contributed by atoms with E-state index in [1.165, 1.54) is 0 Å². The molecule has 2 rings (SSSR count). The highest BCUT2D eigenvalue weighted by Gasteiger charge is 2.23. The zero-order valence-electron chi connectivity index (χ0n) is 17.8. The first-order chi connectivity index (χ1) is 14.2. The average Bonchev–Trinajstić information content (AvgIpc) is 2.96. The summed E-state index contributed by atoms with van der Waals surface area (Å²) in [6, 6.07) is 8.69. The van der Waals surface area contributed by atoms with Crippen LogP contribution in [0.1, 0.15) is 37.6 Å². The Bertz CT molecular complexity index is 760.